The minimum Gasteiger partial charge on any atom is -0.486 e. The van der Waals surface area contributed by atoms with Gasteiger partial charge in [-0.05, 0) is 42.5 Å². The van der Waals surface area contributed by atoms with Crippen LogP contribution in [0.3, 0.4) is 0 Å². The normalized spacial score (nSPS) is 21.4. The Morgan fingerprint density at radius 3 is 2.69 bits per heavy atom. The van der Waals surface area contributed by atoms with Gasteiger partial charge in [0.25, 0.3) is 5.91 Å². The summed E-state index contributed by atoms with van der Waals surface area (Å²) in [6.45, 7) is 2.67. The number of rotatable bonds is 4. The molecule has 1 saturated heterocycles. The van der Waals surface area contributed by atoms with Crippen molar-refractivity contribution in [3.05, 3.63) is 52.5 Å². The number of halogens is 1. The summed E-state index contributed by atoms with van der Waals surface area (Å²) in [4.78, 5) is 13.8. The molecule has 2 aliphatic heterocycles. The maximum Gasteiger partial charge on any atom is 0.279 e. The van der Waals surface area contributed by atoms with E-state index < -0.39 is 0 Å². The molecule has 2 N–H and O–H groups in total. The van der Waals surface area contributed by atoms with E-state index in [9.17, 15) is 4.79 Å². The predicted molar refractivity (Wildman–Crippen MR) is 103 cm³/mol. The number of fused-ring (bicyclic) bond motifs is 1. The third-order valence-corrected chi connectivity index (χ3v) is 5.50. The Bertz CT molecular complexity index is 794. The molecular weight excluding hydrogens is 396 g/mol. The summed E-state index contributed by atoms with van der Waals surface area (Å²) in [5, 5.41) is 2.99. The molecule has 6 heteroatoms. The number of amides is 1. The summed E-state index contributed by atoms with van der Waals surface area (Å²) >= 11 is 3.41. The Balaban J connectivity index is 1.43. The zero-order valence-corrected chi connectivity index (χ0v) is 16.1. The number of likely N-dealkylation sites (tertiary alicyclic amines) is 1. The number of anilines is 1. The van der Waals surface area contributed by atoms with Crippen molar-refractivity contribution in [2.75, 3.05) is 31.6 Å². The molecule has 2 heterocycles. The number of hydrogen-bond acceptors (Lipinski definition) is 3. The number of benzene rings is 2. The molecule has 136 valence electrons. The van der Waals surface area contributed by atoms with Crippen LogP contribution in [0.5, 0.6) is 11.5 Å². The fourth-order valence-electron chi connectivity index (χ4n) is 3.75. The number of carbonyl (C=O) groups is 1. The Morgan fingerprint density at radius 1 is 1.12 bits per heavy atom. The van der Waals surface area contributed by atoms with Gasteiger partial charge >= 0.3 is 0 Å². The lowest BCUT2D eigenvalue weighted by atomic mass is 10.0. The van der Waals surface area contributed by atoms with Crippen molar-refractivity contribution in [2.24, 2.45) is 0 Å². The third-order valence-electron chi connectivity index (χ3n) is 4.97. The second-order valence-electron chi connectivity index (χ2n) is 6.74. The minimum absolute atomic E-state index is 0.0479. The Kier molecular flexibility index (Phi) is 5.13. The van der Waals surface area contributed by atoms with Crippen LogP contribution in [0.4, 0.5) is 5.69 Å². The molecule has 1 fully saturated rings. The van der Waals surface area contributed by atoms with Crippen LogP contribution < -0.4 is 19.7 Å². The average Bonchev–Trinajstić information content (AvgIpc) is 3.11. The third kappa shape index (κ3) is 3.86. The van der Waals surface area contributed by atoms with E-state index in [4.69, 9.17) is 9.47 Å². The van der Waals surface area contributed by atoms with Crippen molar-refractivity contribution >= 4 is 27.5 Å². The van der Waals surface area contributed by atoms with Crippen LogP contribution in [0.25, 0.3) is 0 Å². The van der Waals surface area contributed by atoms with Crippen molar-refractivity contribution in [1.29, 1.82) is 0 Å². The van der Waals surface area contributed by atoms with Crippen LogP contribution in [0.2, 0.25) is 0 Å². The lowest BCUT2D eigenvalue weighted by Crippen LogP contribution is -3.11. The highest BCUT2D eigenvalue weighted by atomic mass is 79.9. The second kappa shape index (κ2) is 7.68. The highest BCUT2D eigenvalue weighted by Crippen LogP contribution is 2.33. The van der Waals surface area contributed by atoms with Crippen LogP contribution in [-0.4, -0.2) is 32.2 Å². The molecule has 0 spiro atoms. The first-order chi connectivity index (χ1) is 12.7. The molecule has 0 aromatic heterocycles. The smallest absolute Gasteiger partial charge is 0.279 e. The Morgan fingerprint density at radius 2 is 1.88 bits per heavy atom. The minimum atomic E-state index is 0.0479. The first-order valence-corrected chi connectivity index (χ1v) is 9.78. The van der Waals surface area contributed by atoms with E-state index in [0.29, 0.717) is 25.8 Å². The van der Waals surface area contributed by atoms with Crippen molar-refractivity contribution < 1.29 is 19.2 Å². The van der Waals surface area contributed by atoms with E-state index in [1.54, 1.807) is 0 Å². The zero-order chi connectivity index (χ0) is 17.9. The molecule has 4 rings (SSSR count). The molecule has 2 aliphatic rings. The van der Waals surface area contributed by atoms with Gasteiger partial charge in [0.15, 0.2) is 18.0 Å². The van der Waals surface area contributed by atoms with E-state index >= 15 is 0 Å². The summed E-state index contributed by atoms with van der Waals surface area (Å²) < 4.78 is 12.3. The van der Waals surface area contributed by atoms with E-state index in [1.807, 2.05) is 30.3 Å². The Hall–Kier alpha value is -2.05. The maximum atomic E-state index is 12.5. The number of nitrogens with one attached hydrogen (secondary N) is 2. The van der Waals surface area contributed by atoms with Crippen LogP contribution in [0.15, 0.2) is 46.9 Å². The molecule has 0 radical (unpaired) electrons. The first-order valence-electron chi connectivity index (χ1n) is 8.98. The average molecular weight is 418 g/mol. The molecule has 1 amide bonds. The summed E-state index contributed by atoms with van der Waals surface area (Å²) in [5.74, 6) is 1.68. The van der Waals surface area contributed by atoms with Gasteiger partial charge < -0.3 is 19.7 Å². The van der Waals surface area contributed by atoms with Gasteiger partial charge in [-0.3, -0.25) is 4.79 Å². The fraction of sp³-hybridized carbons (Fsp3) is 0.350. The highest BCUT2D eigenvalue weighted by molar-refractivity contribution is 9.10. The van der Waals surface area contributed by atoms with E-state index in [2.05, 4.69) is 33.4 Å². The van der Waals surface area contributed by atoms with E-state index in [0.717, 1.165) is 41.0 Å². The van der Waals surface area contributed by atoms with Gasteiger partial charge in [-0.1, -0.05) is 15.9 Å². The molecule has 1 unspecified atom stereocenters. The van der Waals surface area contributed by atoms with Crippen molar-refractivity contribution in [3.63, 3.8) is 0 Å². The van der Waals surface area contributed by atoms with Crippen molar-refractivity contribution in [1.82, 2.24) is 0 Å². The largest absolute Gasteiger partial charge is 0.486 e. The van der Waals surface area contributed by atoms with Gasteiger partial charge in [0.1, 0.15) is 19.3 Å². The van der Waals surface area contributed by atoms with Crippen LogP contribution in [0, 0.1) is 0 Å². The van der Waals surface area contributed by atoms with Gasteiger partial charge in [-0.2, -0.15) is 0 Å². The topological polar surface area (TPSA) is 52.0 Å². The van der Waals surface area contributed by atoms with Gasteiger partial charge in [0.05, 0.1) is 6.54 Å². The number of ether oxygens (including phenoxy) is 2. The molecule has 2 atom stereocenters. The molecule has 26 heavy (non-hydrogen) atoms. The van der Waals surface area contributed by atoms with Crippen molar-refractivity contribution in [2.45, 2.75) is 18.9 Å². The maximum absolute atomic E-state index is 12.5. The molecule has 0 aliphatic carbocycles. The van der Waals surface area contributed by atoms with Gasteiger partial charge in [0, 0.05) is 28.6 Å². The van der Waals surface area contributed by atoms with E-state index in [-0.39, 0.29) is 5.91 Å². The Labute approximate surface area is 161 Å². The number of quaternary nitrogens is 1. The van der Waals surface area contributed by atoms with Crippen molar-refractivity contribution in [3.8, 4) is 11.5 Å². The van der Waals surface area contributed by atoms with Crippen LogP contribution in [-0.2, 0) is 4.79 Å². The summed E-state index contributed by atoms with van der Waals surface area (Å²) in [7, 11) is 0. The molecular formula is C20H22BrN2O3+. The summed E-state index contributed by atoms with van der Waals surface area (Å²) in [6, 6.07) is 14.2. The van der Waals surface area contributed by atoms with Crippen LogP contribution in [0.1, 0.15) is 24.4 Å². The van der Waals surface area contributed by atoms with Gasteiger partial charge in [0.2, 0.25) is 0 Å². The molecule has 2 aromatic rings. The first kappa shape index (κ1) is 17.4. The number of carbonyl (C=O) groups excluding carboxylic acids is 1. The quantitative estimate of drug-likeness (QED) is 0.803. The lowest BCUT2D eigenvalue weighted by Gasteiger charge is -2.24. The van der Waals surface area contributed by atoms with Gasteiger partial charge in [-0.25, -0.2) is 0 Å². The summed E-state index contributed by atoms with van der Waals surface area (Å²) in [6.07, 6.45) is 2.21. The second-order valence-corrected chi connectivity index (χ2v) is 7.65. The molecule has 0 bridgehead atoms. The number of hydrogen-bond donors (Lipinski definition) is 2. The zero-order valence-electron chi connectivity index (χ0n) is 14.5. The van der Waals surface area contributed by atoms with Crippen LogP contribution >= 0.6 is 15.9 Å². The molecule has 0 saturated carbocycles. The SMILES string of the molecule is O=C(C[NH+]1CCC[C@@H]1c1ccc2c(c1)OCCO2)Nc1ccc(Br)cc1. The van der Waals surface area contributed by atoms with Gasteiger partial charge in [-0.15, -0.1) is 0 Å². The predicted octanol–water partition coefficient (Wildman–Crippen LogP) is 2.58. The monoisotopic (exact) mass is 417 g/mol. The standard InChI is InChI=1S/C20H21BrN2O3/c21-15-4-6-16(7-5-15)22-20(24)13-23-9-1-2-17(23)14-3-8-18-19(12-14)26-11-10-25-18/h3-8,12,17H,1-2,9-11,13H2,(H,22,24)/p+1/t17-/m1/s1. The summed E-state index contributed by atoms with van der Waals surface area (Å²) in [5.41, 5.74) is 2.05. The molecule has 5 nitrogen and oxygen atoms in total. The fourth-order valence-corrected chi connectivity index (χ4v) is 4.01. The molecule has 2 aromatic carbocycles. The highest BCUT2D eigenvalue weighted by Gasteiger charge is 2.32. The lowest BCUT2D eigenvalue weighted by molar-refractivity contribution is -0.910. The van der Waals surface area contributed by atoms with E-state index in [1.165, 1.54) is 10.5 Å².